The maximum atomic E-state index is 12.8. The molecule has 0 saturated heterocycles. The highest BCUT2D eigenvalue weighted by Crippen LogP contribution is 2.43. The van der Waals surface area contributed by atoms with E-state index >= 15 is 0 Å². The van der Waals surface area contributed by atoms with Crippen LogP contribution in [0.5, 0.6) is 0 Å². The Bertz CT molecular complexity index is 976. The molecule has 24 heavy (non-hydrogen) atoms. The summed E-state index contributed by atoms with van der Waals surface area (Å²) in [5, 5.41) is 1.58. The number of fused-ring (bicyclic) bond motifs is 1. The molecule has 1 atom stereocenters. The summed E-state index contributed by atoms with van der Waals surface area (Å²) in [6, 6.07) is 14.0. The van der Waals surface area contributed by atoms with Crippen molar-refractivity contribution in [2.24, 2.45) is 5.92 Å². The minimum Gasteiger partial charge on any atom is -0.361 e. The topological polar surface area (TPSA) is 62.0 Å². The van der Waals surface area contributed by atoms with E-state index in [-0.39, 0.29) is 10.9 Å². The minimum absolute atomic E-state index is 0.221. The molecule has 1 unspecified atom stereocenters. The van der Waals surface area contributed by atoms with Crippen LogP contribution in [-0.4, -0.2) is 13.4 Å². The second kappa shape index (κ2) is 5.92. The zero-order valence-corrected chi connectivity index (χ0v) is 14.4. The van der Waals surface area contributed by atoms with Crippen LogP contribution >= 0.6 is 11.6 Å². The van der Waals surface area contributed by atoms with Gasteiger partial charge in [-0.15, -0.1) is 0 Å². The molecule has 0 bridgehead atoms. The van der Waals surface area contributed by atoms with Crippen molar-refractivity contribution in [1.82, 2.24) is 9.71 Å². The molecule has 0 aliphatic heterocycles. The van der Waals surface area contributed by atoms with Crippen molar-refractivity contribution in [2.45, 2.75) is 23.8 Å². The third kappa shape index (κ3) is 2.95. The zero-order chi connectivity index (χ0) is 16.7. The first-order chi connectivity index (χ1) is 11.5. The molecule has 3 aromatic rings. The van der Waals surface area contributed by atoms with Gasteiger partial charge < -0.3 is 4.98 Å². The number of halogens is 1. The molecule has 4 rings (SSSR count). The molecule has 124 valence electrons. The fraction of sp³-hybridized carbons (Fsp3) is 0.222. The molecule has 1 aromatic heterocycles. The molecule has 1 saturated carbocycles. The monoisotopic (exact) mass is 360 g/mol. The normalized spacial score (nSPS) is 16.4. The van der Waals surface area contributed by atoms with Crippen molar-refractivity contribution in [2.75, 3.05) is 0 Å². The molecule has 4 nitrogen and oxygen atoms in total. The molecule has 1 heterocycles. The Balaban J connectivity index is 1.70. The van der Waals surface area contributed by atoms with Gasteiger partial charge in [0.2, 0.25) is 10.0 Å². The summed E-state index contributed by atoms with van der Waals surface area (Å²) < 4.78 is 28.4. The molecular weight excluding hydrogens is 344 g/mol. The van der Waals surface area contributed by atoms with E-state index < -0.39 is 10.0 Å². The SMILES string of the molecule is O=S(=O)(NC(c1c[nH]c2ccccc12)C1CC1)c1ccc(Cl)cc1. The van der Waals surface area contributed by atoms with Crippen LogP contribution in [0.1, 0.15) is 24.4 Å². The number of rotatable bonds is 5. The molecule has 0 radical (unpaired) electrons. The van der Waals surface area contributed by atoms with Gasteiger partial charge in [-0.05, 0) is 54.7 Å². The minimum atomic E-state index is -3.60. The smallest absolute Gasteiger partial charge is 0.241 e. The van der Waals surface area contributed by atoms with E-state index in [0.29, 0.717) is 10.9 Å². The third-order valence-corrected chi connectivity index (χ3v) is 6.16. The van der Waals surface area contributed by atoms with Crippen LogP contribution in [0.3, 0.4) is 0 Å². The lowest BCUT2D eigenvalue weighted by molar-refractivity contribution is 0.531. The Morgan fingerprint density at radius 3 is 2.50 bits per heavy atom. The van der Waals surface area contributed by atoms with Crippen molar-refractivity contribution in [3.63, 3.8) is 0 Å². The van der Waals surface area contributed by atoms with E-state index in [4.69, 9.17) is 11.6 Å². The Morgan fingerprint density at radius 1 is 1.08 bits per heavy atom. The second-order valence-corrected chi connectivity index (χ2v) is 8.33. The highest BCUT2D eigenvalue weighted by atomic mass is 35.5. The molecular formula is C18H17ClN2O2S. The Hall–Kier alpha value is -1.82. The number of hydrogen-bond donors (Lipinski definition) is 2. The fourth-order valence-electron chi connectivity index (χ4n) is 3.04. The first-order valence-corrected chi connectivity index (χ1v) is 9.74. The van der Waals surface area contributed by atoms with Gasteiger partial charge in [0.05, 0.1) is 10.9 Å². The first kappa shape index (κ1) is 15.7. The van der Waals surface area contributed by atoms with Crippen LogP contribution in [-0.2, 0) is 10.0 Å². The van der Waals surface area contributed by atoms with E-state index in [2.05, 4.69) is 9.71 Å². The Morgan fingerprint density at radius 2 is 1.79 bits per heavy atom. The highest BCUT2D eigenvalue weighted by molar-refractivity contribution is 7.89. The van der Waals surface area contributed by atoms with Gasteiger partial charge in [0.25, 0.3) is 0 Å². The van der Waals surface area contributed by atoms with E-state index in [1.165, 1.54) is 12.1 Å². The quantitative estimate of drug-likeness (QED) is 0.714. The first-order valence-electron chi connectivity index (χ1n) is 7.88. The van der Waals surface area contributed by atoms with E-state index in [0.717, 1.165) is 29.3 Å². The van der Waals surface area contributed by atoms with E-state index in [1.807, 2.05) is 30.5 Å². The van der Waals surface area contributed by atoms with Crippen LogP contribution < -0.4 is 4.72 Å². The van der Waals surface area contributed by atoms with E-state index in [9.17, 15) is 8.42 Å². The summed E-state index contributed by atoms with van der Waals surface area (Å²) >= 11 is 5.86. The summed E-state index contributed by atoms with van der Waals surface area (Å²) in [6.45, 7) is 0. The summed E-state index contributed by atoms with van der Waals surface area (Å²) in [6.07, 6.45) is 3.98. The molecule has 0 amide bonds. The van der Waals surface area contributed by atoms with Gasteiger partial charge in [0.1, 0.15) is 0 Å². The van der Waals surface area contributed by atoms with Crippen molar-refractivity contribution < 1.29 is 8.42 Å². The van der Waals surface area contributed by atoms with Crippen LogP contribution in [0.4, 0.5) is 0 Å². The van der Waals surface area contributed by atoms with Gasteiger partial charge in [-0.25, -0.2) is 13.1 Å². The van der Waals surface area contributed by atoms with Crippen LogP contribution in [0, 0.1) is 5.92 Å². The summed E-state index contributed by atoms with van der Waals surface area (Å²) in [4.78, 5) is 3.47. The standard InChI is InChI=1S/C18H17ClN2O2S/c19-13-7-9-14(10-8-13)24(22,23)21-18(12-5-6-12)16-11-20-17-4-2-1-3-15(16)17/h1-4,7-12,18,20-21H,5-6H2. The Kier molecular flexibility index (Phi) is 3.87. The van der Waals surface area contributed by atoms with Gasteiger partial charge >= 0.3 is 0 Å². The number of para-hydroxylation sites is 1. The van der Waals surface area contributed by atoms with Crippen molar-refractivity contribution >= 4 is 32.5 Å². The lowest BCUT2D eigenvalue weighted by atomic mass is 10.0. The van der Waals surface area contributed by atoms with Crippen LogP contribution in [0.2, 0.25) is 5.02 Å². The molecule has 0 spiro atoms. The average Bonchev–Trinajstić information content (AvgIpc) is 3.32. The molecule has 2 aromatic carbocycles. The predicted molar refractivity (Wildman–Crippen MR) is 95.5 cm³/mol. The van der Waals surface area contributed by atoms with Crippen molar-refractivity contribution in [1.29, 1.82) is 0 Å². The highest BCUT2D eigenvalue weighted by Gasteiger charge is 2.36. The van der Waals surface area contributed by atoms with Gasteiger partial charge in [-0.3, -0.25) is 0 Å². The molecule has 6 heteroatoms. The maximum Gasteiger partial charge on any atom is 0.241 e. The molecule has 1 aliphatic rings. The second-order valence-electron chi connectivity index (χ2n) is 6.18. The number of aromatic nitrogens is 1. The maximum absolute atomic E-state index is 12.8. The van der Waals surface area contributed by atoms with Gasteiger partial charge in [-0.2, -0.15) is 0 Å². The number of benzene rings is 2. The number of H-pyrrole nitrogens is 1. The predicted octanol–water partition coefficient (Wildman–Crippen LogP) is 4.25. The van der Waals surface area contributed by atoms with Crippen LogP contribution in [0.25, 0.3) is 10.9 Å². The number of nitrogens with one attached hydrogen (secondary N) is 2. The lowest BCUT2D eigenvalue weighted by Gasteiger charge is -2.18. The average molecular weight is 361 g/mol. The molecule has 1 aliphatic carbocycles. The fourth-order valence-corrected chi connectivity index (χ4v) is 4.45. The van der Waals surface area contributed by atoms with E-state index in [1.54, 1.807) is 12.1 Å². The summed E-state index contributed by atoms with van der Waals surface area (Å²) in [7, 11) is -3.60. The van der Waals surface area contributed by atoms with Crippen molar-refractivity contribution in [3.05, 3.63) is 65.3 Å². The number of aromatic amines is 1. The molecule has 2 N–H and O–H groups in total. The van der Waals surface area contributed by atoms with Gasteiger partial charge in [0.15, 0.2) is 0 Å². The summed E-state index contributed by atoms with van der Waals surface area (Å²) in [5.74, 6) is 0.339. The largest absolute Gasteiger partial charge is 0.361 e. The third-order valence-electron chi connectivity index (χ3n) is 4.46. The molecule has 1 fully saturated rings. The zero-order valence-electron chi connectivity index (χ0n) is 12.9. The van der Waals surface area contributed by atoms with Crippen molar-refractivity contribution in [3.8, 4) is 0 Å². The lowest BCUT2D eigenvalue weighted by Crippen LogP contribution is -2.29. The summed E-state index contributed by atoms with van der Waals surface area (Å²) in [5.41, 5.74) is 2.02. The van der Waals surface area contributed by atoms with Gasteiger partial charge in [0, 0.05) is 22.1 Å². The van der Waals surface area contributed by atoms with Crippen LogP contribution in [0.15, 0.2) is 59.6 Å². The number of sulfonamides is 1. The number of hydrogen-bond acceptors (Lipinski definition) is 2. The Labute approximate surface area is 145 Å². The van der Waals surface area contributed by atoms with Gasteiger partial charge in [-0.1, -0.05) is 29.8 Å².